The Morgan fingerprint density at radius 1 is 1.43 bits per heavy atom. The van der Waals surface area contributed by atoms with Crippen molar-refractivity contribution in [1.82, 2.24) is 14.8 Å². The van der Waals surface area contributed by atoms with Gasteiger partial charge in [0.1, 0.15) is 4.88 Å². The van der Waals surface area contributed by atoms with Crippen LogP contribution in [0.3, 0.4) is 0 Å². The molecule has 106 valence electrons. The molecule has 0 fully saturated rings. The van der Waals surface area contributed by atoms with Crippen molar-refractivity contribution in [3.05, 3.63) is 51.1 Å². The number of aromatic carboxylic acids is 1. The van der Waals surface area contributed by atoms with Crippen LogP contribution in [0.15, 0.2) is 30.6 Å². The SMILES string of the molecule is O=C(O)c1sc2ccccc2c1Cn1cnc([N+](=O)[O-])n1. The first-order valence-corrected chi connectivity index (χ1v) is 6.65. The summed E-state index contributed by atoms with van der Waals surface area (Å²) in [5.41, 5.74) is 0.572. The third kappa shape index (κ3) is 2.34. The van der Waals surface area contributed by atoms with E-state index in [0.29, 0.717) is 5.56 Å². The molecule has 0 radical (unpaired) electrons. The lowest BCUT2D eigenvalue weighted by Crippen LogP contribution is -2.05. The van der Waals surface area contributed by atoms with Crippen LogP contribution in [0.1, 0.15) is 15.2 Å². The minimum Gasteiger partial charge on any atom is -0.477 e. The maximum absolute atomic E-state index is 11.4. The predicted octanol–water partition coefficient (Wildman–Crippen LogP) is 2.15. The Morgan fingerprint density at radius 3 is 2.86 bits per heavy atom. The molecule has 0 saturated carbocycles. The average molecular weight is 304 g/mol. The van der Waals surface area contributed by atoms with E-state index in [1.54, 1.807) is 0 Å². The van der Waals surface area contributed by atoms with Crippen LogP contribution in [0, 0.1) is 10.1 Å². The van der Waals surface area contributed by atoms with Crippen molar-refractivity contribution in [1.29, 1.82) is 0 Å². The Bertz CT molecular complexity index is 854. The van der Waals surface area contributed by atoms with Gasteiger partial charge in [-0.15, -0.1) is 11.3 Å². The Labute approximate surface area is 121 Å². The quantitative estimate of drug-likeness (QED) is 0.584. The monoisotopic (exact) mass is 304 g/mol. The van der Waals surface area contributed by atoms with E-state index in [9.17, 15) is 20.0 Å². The minimum atomic E-state index is -1.03. The fraction of sp³-hybridized carbons (Fsp3) is 0.0833. The van der Waals surface area contributed by atoms with Gasteiger partial charge in [0.05, 0.1) is 6.54 Å². The number of nitrogens with zero attached hydrogens (tertiary/aromatic N) is 4. The highest BCUT2D eigenvalue weighted by Gasteiger charge is 2.20. The van der Waals surface area contributed by atoms with Crippen LogP contribution in [0.25, 0.3) is 10.1 Å². The van der Waals surface area contributed by atoms with Crippen molar-refractivity contribution < 1.29 is 14.8 Å². The number of thiophene rings is 1. The number of hydrogen-bond donors (Lipinski definition) is 1. The molecule has 0 aliphatic heterocycles. The zero-order valence-electron chi connectivity index (χ0n) is 10.5. The second-order valence-corrected chi connectivity index (χ2v) is 5.26. The van der Waals surface area contributed by atoms with Gasteiger partial charge in [-0.25, -0.2) is 4.79 Å². The first kappa shape index (κ1) is 13.2. The van der Waals surface area contributed by atoms with Crippen LogP contribution in [0.4, 0.5) is 5.95 Å². The summed E-state index contributed by atoms with van der Waals surface area (Å²) in [6.07, 6.45) is 1.22. The smallest absolute Gasteiger partial charge is 0.477 e. The summed E-state index contributed by atoms with van der Waals surface area (Å²) in [7, 11) is 0. The van der Waals surface area contributed by atoms with E-state index in [2.05, 4.69) is 10.1 Å². The van der Waals surface area contributed by atoms with Crippen molar-refractivity contribution in [2.45, 2.75) is 6.54 Å². The van der Waals surface area contributed by atoms with Gasteiger partial charge in [0.2, 0.25) is 6.33 Å². The van der Waals surface area contributed by atoms with E-state index < -0.39 is 16.8 Å². The standard InChI is InChI=1S/C12H8N4O4S/c17-11(18)10-8(7-3-1-2-4-9(7)21-10)5-15-6-13-12(14-15)16(19)20/h1-4,6H,5H2,(H,17,18). The van der Waals surface area contributed by atoms with E-state index in [1.165, 1.54) is 22.3 Å². The molecule has 21 heavy (non-hydrogen) atoms. The number of hydrogen-bond acceptors (Lipinski definition) is 6. The lowest BCUT2D eigenvalue weighted by Gasteiger charge is -1.99. The van der Waals surface area contributed by atoms with Gasteiger partial charge in [-0.05, 0) is 16.4 Å². The van der Waals surface area contributed by atoms with E-state index in [0.717, 1.165) is 10.1 Å². The summed E-state index contributed by atoms with van der Waals surface area (Å²) < 4.78 is 2.11. The number of carboxylic acids is 1. The molecule has 3 rings (SSSR count). The van der Waals surface area contributed by atoms with Gasteiger partial charge in [-0.2, -0.15) is 4.68 Å². The van der Waals surface area contributed by atoms with Crippen molar-refractivity contribution in [3.63, 3.8) is 0 Å². The molecule has 1 N–H and O–H groups in total. The maximum Gasteiger partial charge on any atom is 0.490 e. The maximum atomic E-state index is 11.4. The van der Waals surface area contributed by atoms with E-state index in [1.807, 2.05) is 24.3 Å². The molecule has 2 aromatic heterocycles. The number of rotatable bonds is 4. The van der Waals surface area contributed by atoms with Crippen LogP contribution >= 0.6 is 11.3 Å². The molecule has 0 saturated heterocycles. The third-order valence-electron chi connectivity index (χ3n) is 2.90. The van der Waals surface area contributed by atoms with Gasteiger partial charge in [0.15, 0.2) is 0 Å². The fourth-order valence-electron chi connectivity index (χ4n) is 2.04. The molecule has 1 aromatic carbocycles. The summed E-state index contributed by atoms with van der Waals surface area (Å²) in [5, 5.41) is 24.4. The van der Waals surface area contributed by atoms with Crippen molar-refractivity contribution in [2.75, 3.05) is 0 Å². The summed E-state index contributed by atoms with van der Waals surface area (Å²) in [4.78, 5) is 25.0. The highest BCUT2D eigenvalue weighted by atomic mass is 32.1. The van der Waals surface area contributed by atoms with E-state index in [-0.39, 0.29) is 11.4 Å². The molecule has 3 aromatic rings. The van der Waals surface area contributed by atoms with Crippen LogP contribution < -0.4 is 0 Å². The third-order valence-corrected chi connectivity index (χ3v) is 4.10. The van der Waals surface area contributed by atoms with Gasteiger partial charge >= 0.3 is 11.9 Å². The highest BCUT2D eigenvalue weighted by molar-refractivity contribution is 7.21. The minimum absolute atomic E-state index is 0.118. The van der Waals surface area contributed by atoms with E-state index in [4.69, 9.17) is 0 Å². The fourth-order valence-corrected chi connectivity index (χ4v) is 3.09. The first-order valence-electron chi connectivity index (χ1n) is 5.84. The Hall–Kier alpha value is -2.81. The molecular weight excluding hydrogens is 296 g/mol. The Balaban J connectivity index is 2.07. The van der Waals surface area contributed by atoms with Crippen LogP contribution in [0.5, 0.6) is 0 Å². The first-order chi connectivity index (χ1) is 10.1. The molecular formula is C12H8N4O4S. The Morgan fingerprint density at radius 2 is 2.19 bits per heavy atom. The second kappa shape index (κ2) is 4.94. The molecule has 9 heteroatoms. The van der Waals surface area contributed by atoms with Crippen molar-refractivity contribution in [3.8, 4) is 0 Å². The van der Waals surface area contributed by atoms with Gasteiger partial charge in [0.25, 0.3) is 0 Å². The lowest BCUT2D eigenvalue weighted by molar-refractivity contribution is -0.394. The summed E-state index contributed by atoms with van der Waals surface area (Å²) in [6.45, 7) is 0.118. The van der Waals surface area contributed by atoms with Gasteiger partial charge < -0.3 is 15.2 Å². The average Bonchev–Trinajstić information content (AvgIpc) is 3.05. The summed E-state index contributed by atoms with van der Waals surface area (Å²) in [5.74, 6) is -1.53. The lowest BCUT2D eigenvalue weighted by atomic mass is 10.1. The summed E-state index contributed by atoms with van der Waals surface area (Å²) >= 11 is 1.17. The van der Waals surface area contributed by atoms with Crippen LogP contribution in [0.2, 0.25) is 0 Å². The largest absolute Gasteiger partial charge is 0.490 e. The molecule has 0 aliphatic carbocycles. The van der Waals surface area contributed by atoms with Gasteiger partial charge in [-0.3, -0.25) is 0 Å². The van der Waals surface area contributed by atoms with E-state index >= 15 is 0 Å². The highest BCUT2D eigenvalue weighted by Crippen LogP contribution is 2.31. The van der Waals surface area contributed by atoms with Crippen LogP contribution in [-0.4, -0.2) is 30.8 Å². The number of carbonyl (C=O) groups is 1. The molecule has 0 atom stereocenters. The number of carboxylic acid groups (broad SMARTS) is 1. The topological polar surface area (TPSA) is 111 Å². The normalized spacial score (nSPS) is 10.9. The molecule has 0 bridgehead atoms. The molecule has 2 heterocycles. The molecule has 0 spiro atoms. The molecule has 0 unspecified atom stereocenters. The number of nitro groups is 1. The zero-order valence-corrected chi connectivity index (χ0v) is 11.3. The van der Waals surface area contributed by atoms with Crippen molar-refractivity contribution in [2.24, 2.45) is 0 Å². The number of aromatic nitrogens is 3. The predicted molar refractivity (Wildman–Crippen MR) is 74.6 cm³/mol. The molecule has 0 amide bonds. The zero-order chi connectivity index (χ0) is 15.0. The number of benzene rings is 1. The van der Waals surface area contributed by atoms with Gasteiger partial charge in [-0.1, -0.05) is 23.2 Å². The van der Waals surface area contributed by atoms with Crippen molar-refractivity contribution >= 4 is 33.3 Å². The van der Waals surface area contributed by atoms with Crippen LogP contribution in [-0.2, 0) is 6.54 Å². The summed E-state index contributed by atoms with van der Waals surface area (Å²) in [6, 6.07) is 7.29. The number of fused-ring (bicyclic) bond motifs is 1. The van der Waals surface area contributed by atoms with Gasteiger partial charge in [0, 0.05) is 15.4 Å². The molecule has 0 aliphatic rings. The second-order valence-electron chi connectivity index (χ2n) is 4.21. The molecule has 8 nitrogen and oxygen atoms in total. The Kier molecular flexibility index (Phi) is 3.10.